The monoisotopic (exact) mass is 539 g/mol. The molecule has 3 unspecified atom stereocenters. The highest BCUT2D eigenvalue weighted by Gasteiger charge is 2.22. The molecule has 0 saturated carbocycles. The Kier molecular flexibility index (Phi) is 10.8. The molecule has 1 aromatic carbocycles. The van der Waals surface area contributed by atoms with Crippen LogP contribution in [0.15, 0.2) is 65.6 Å². The normalized spacial score (nSPS) is 16.3. The van der Waals surface area contributed by atoms with E-state index in [0.717, 1.165) is 12.0 Å². The number of carbonyl (C=O) groups is 4. The van der Waals surface area contributed by atoms with Crippen molar-refractivity contribution in [3.8, 4) is 11.1 Å². The highest BCUT2D eigenvalue weighted by Crippen LogP contribution is 2.35. The molecule has 2 amide bonds. The zero-order valence-corrected chi connectivity index (χ0v) is 21.8. The van der Waals surface area contributed by atoms with Gasteiger partial charge in [0.2, 0.25) is 11.8 Å². The lowest BCUT2D eigenvalue weighted by molar-refractivity contribution is -0.139. The molecule has 0 saturated heterocycles. The summed E-state index contributed by atoms with van der Waals surface area (Å²) in [6.07, 6.45) is 7.41. The maximum atomic E-state index is 12.6. The molecule has 0 bridgehead atoms. The van der Waals surface area contributed by atoms with Gasteiger partial charge in [0, 0.05) is 36.2 Å². The Labute approximate surface area is 225 Å². The molecule has 202 valence electrons. The second-order valence-corrected chi connectivity index (χ2v) is 10.2. The number of carboxylic acid groups (broad SMARTS) is 2. The number of allylic oxidation sites excluding steroid dienone is 4. The molecule has 3 rings (SSSR count). The van der Waals surface area contributed by atoms with Gasteiger partial charge in [-0.1, -0.05) is 54.1 Å². The van der Waals surface area contributed by atoms with Gasteiger partial charge in [-0.05, 0) is 41.8 Å². The number of aliphatic carboxylic acids is 2. The summed E-state index contributed by atoms with van der Waals surface area (Å²) in [4.78, 5) is 47.3. The molecule has 38 heavy (non-hydrogen) atoms. The molecule has 6 N–H and O–H groups in total. The minimum absolute atomic E-state index is 0.0238. The first-order valence-electron chi connectivity index (χ1n) is 12.5. The zero-order chi connectivity index (χ0) is 27.5. The number of hydrogen-bond acceptors (Lipinski definition) is 6. The summed E-state index contributed by atoms with van der Waals surface area (Å²) in [5.41, 5.74) is 8.71. The average Bonchev–Trinajstić information content (AvgIpc) is 3.39. The highest BCUT2D eigenvalue weighted by molar-refractivity contribution is 7.10. The quantitative estimate of drug-likeness (QED) is 0.232. The van der Waals surface area contributed by atoms with Crippen LogP contribution in [0, 0.1) is 0 Å². The number of nitrogens with two attached hydrogens (primary N) is 1. The van der Waals surface area contributed by atoms with Gasteiger partial charge in [0.25, 0.3) is 0 Å². The number of rotatable bonds is 15. The average molecular weight is 540 g/mol. The molecular formula is C28H33N3O6S. The van der Waals surface area contributed by atoms with Gasteiger partial charge in [0.1, 0.15) is 0 Å². The fourth-order valence-electron chi connectivity index (χ4n) is 4.20. The van der Waals surface area contributed by atoms with E-state index in [0.29, 0.717) is 12.3 Å². The molecule has 0 radical (unpaired) electrons. The second-order valence-electron chi connectivity index (χ2n) is 9.24. The SMILES string of the molecule is NC(=O)C(CC(=O)O)NCC(CCC(=O)O)NC(=O)CCC1=CCC(c2cc(-c3ccccc3)cs2)C=C1. The molecule has 1 aliphatic carbocycles. The molecule has 10 heteroatoms. The Morgan fingerprint density at radius 2 is 1.82 bits per heavy atom. The van der Waals surface area contributed by atoms with Gasteiger partial charge in [-0.2, -0.15) is 0 Å². The van der Waals surface area contributed by atoms with E-state index in [2.05, 4.69) is 52.4 Å². The van der Waals surface area contributed by atoms with E-state index >= 15 is 0 Å². The zero-order valence-electron chi connectivity index (χ0n) is 21.0. The molecule has 1 aliphatic rings. The molecular weight excluding hydrogens is 506 g/mol. The maximum absolute atomic E-state index is 12.6. The minimum atomic E-state index is -1.20. The third-order valence-electron chi connectivity index (χ3n) is 6.31. The van der Waals surface area contributed by atoms with Crippen LogP contribution in [0.4, 0.5) is 0 Å². The smallest absolute Gasteiger partial charge is 0.305 e. The summed E-state index contributed by atoms with van der Waals surface area (Å²) in [5.74, 6) is -3.00. The molecule has 1 aromatic heterocycles. The number of amides is 2. The van der Waals surface area contributed by atoms with Crippen molar-refractivity contribution in [1.29, 1.82) is 0 Å². The number of thiophene rings is 1. The number of primary amides is 1. The van der Waals surface area contributed by atoms with E-state index < -0.39 is 36.4 Å². The third-order valence-corrected chi connectivity index (χ3v) is 7.38. The van der Waals surface area contributed by atoms with E-state index in [-0.39, 0.29) is 31.7 Å². The Morgan fingerprint density at radius 3 is 2.45 bits per heavy atom. The van der Waals surface area contributed by atoms with Crippen LogP contribution in [-0.4, -0.2) is 52.6 Å². The lowest BCUT2D eigenvalue weighted by Crippen LogP contribution is -2.49. The lowest BCUT2D eigenvalue weighted by Gasteiger charge is -2.22. The third kappa shape index (κ3) is 9.28. The number of carboxylic acids is 2. The van der Waals surface area contributed by atoms with E-state index in [9.17, 15) is 19.2 Å². The van der Waals surface area contributed by atoms with Crippen LogP contribution in [0.2, 0.25) is 0 Å². The van der Waals surface area contributed by atoms with Crippen LogP contribution in [0.25, 0.3) is 11.1 Å². The van der Waals surface area contributed by atoms with Gasteiger partial charge in [-0.3, -0.25) is 19.2 Å². The molecule has 2 aromatic rings. The minimum Gasteiger partial charge on any atom is -0.481 e. The fraction of sp³-hybridized carbons (Fsp3) is 0.357. The van der Waals surface area contributed by atoms with Crippen LogP contribution in [0.5, 0.6) is 0 Å². The molecule has 0 spiro atoms. The number of benzene rings is 1. The number of hydrogen-bond donors (Lipinski definition) is 5. The van der Waals surface area contributed by atoms with Crippen LogP contribution in [0.3, 0.4) is 0 Å². The van der Waals surface area contributed by atoms with Crippen LogP contribution in [-0.2, 0) is 19.2 Å². The molecule has 9 nitrogen and oxygen atoms in total. The van der Waals surface area contributed by atoms with E-state index in [1.54, 1.807) is 11.3 Å². The first-order chi connectivity index (χ1) is 18.2. The standard InChI is InChI=1S/C28H33N3O6S/c29-28(37)23(15-27(35)36)30-16-22(11-13-26(33)34)31-25(32)12-8-18-6-9-20(10-7-18)24-14-21(17-38-24)19-4-2-1-3-5-19/h1-7,9,14,17,20,22-23,30H,8,10-13,15-16H2,(H2,29,37)(H,31,32)(H,33,34)(H,35,36). The Morgan fingerprint density at radius 1 is 1.05 bits per heavy atom. The largest absolute Gasteiger partial charge is 0.481 e. The first-order valence-corrected chi connectivity index (χ1v) is 13.4. The van der Waals surface area contributed by atoms with Crippen molar-refractivity contribution in [3.05, 3.63) is 70.5 Å². The molecule has 0 fully saturated rings. The van der Waals surface area contributed by atoms with E-state index in [1.165, 1.54) is 16.0 Å². The summed E-state index contributed by atoms with van der Waals surface area (Å²) in [6, 6.07) is 10.8. The van der Waals surface area contributed by atoms with Gasteiger partial charge in [-0.25, -0.2) is 0 Å². The Hall–Kier alpha value is -3.76. The van der Waals surface area contributed by atoms with Crippen molar-refractivity contribution in [2.24, 2.45) is 5.73 Å². The Balaban J connectivity index is 1.49. The Bertz CT molecular complexity index is 1190. The highest BCUT2D eigenvalue weighted by atomic mass is 32.1. The topological polar surface area (TPSA) is 159 Å². The predicted molar refractivity (Wildman–Crippen MR) is 146 cm³/mol. The predicted octanol–water partition coefficient (Wildman–Crippen LogP) is 3.43. The van der Waals surface area contributed by atoms with Gasteiger partial charge < -0.3 is 26.6 Å². The van der Waals surface area contributed by atoms with Crippen molar-refractivity contribution in [2.45, 2.75) is 56.5 Å². The summed E-state index contributed by atoms with van der Waals surface area (Å²) in [5, 5.41) is 25.7. The number of carbonyl (C=O) groups excluding carboxylic acids is 2. The maximum Gasteiger partial charge on any atom is 0.305 e. The number of nitrogens with one attached hydrogen (secondary N) is 2. The van der Waals surface area contributed by atoms with E-state index in [4.69, 9.17) is 15.9 Å². The molecule has 3 atom stereocenters. The van der Waals surface area contributed by atoms with Crippen molar-refractivity contribution < 1.29 is 29.4 Å². The lowest BCUT2D eigenvalue weighted by atomic mass is 9.93. The first kappa shape index (κ1) is 28.8. The summed E-state index contributed by atoms with van der Waals surface area (Å²) >= 11 is 1.74. The fourth-order valence-corrected chi connectivity index (χ4v) is 5.22. The van der Waals surface area contributed by atoms with Crippen LogP contribution >= 0.6 is 11.3 Å². The summed E-state index contributed by atoms with van der Waals surface area (Å²) < 4.78 is 0. The van der Waals surface area contributed by atoms with Gasteiger partial charge in [0.05, 0.1) is 12.5 Å². The van der Waals surface area contributed by atoms with E-state index in [1.807, 2.05) is 18.2 Å². The van der Waals surface area contributed by atoms with Crippen molar-refractivity contribution in [1.82, 2.24) is 10.6 Å². The van der Waals surface area contributed by atoms with Crippen LogP contribution in [0.1, 0.15) is 49.3 Å². The second kappa shape index (κ2) is 14.3. The van der Waals surface area contributed by atoms with Crippen LogP contribution < -0.4 is 16.4 Å². The van der Waals surface area contributed by atoms with Crippen molar-refractivity contribution >= 4 is 35.1 Å². The van der Waals surface area contributed by atoms with Gasteiger partial charge >= 0.3 is 11.9 Å². The van der Waals surface area contributed by atoms with Crippen molar-refractivity contribution in [3.63, 3.8) is 0 Å². The van der Waals surface area contributed by atoms with Crippen molar-refractivity contribution in [2.75, 3.05) is 6.54 Å². The van der Waals surface area contributed by atoms with Gasteiger partial charge in [-0.15, -0.1) is 11.3 Å². The summed E-state index contributed by atoms with van der Waals surface area (Å²) in [7, 11) is 0. The molecule has 0 aliphatic heterocycles. The summed E-state index contributed by atoms with van der Waals surface area (Å²) in [6.45, 7) is 0.0238. The molecule has 1 heterocycles. The van der Waals surface area contributed by atoms with Gasteiger partial charge in [0.15, 0.2) is 0 Å².